The Kier molecular flexibility index (Phi) is 7.04. The van der Waals surface area contributed by atoms with Gasteiger partial charge in [-0.15, -0.1) is 0 Å². The normalized spacial score (nSPS) is 10.7. The topological polar surface area (TPSA) is 24.5 Å². The van der Waals surface area contributed by atoms with Gasteiger partial charge in [0.2, 0.25) is 0 Å². The first-order chi connectivity index (χ1) is 11.2. The van der Waals surface area contributed by atoms with Crippen molar-refractivity contribution < 1.29 is 9.13 Å². The molecule has 0 unspecified atom stereocenters. The molecule has 124 valence electrons. The number of ether oxygens (including phenoxy) is 1. The summed E-state index contributed by atoms with van der Waals surface area (Å²) in [5.74, 6) is -0.188. The van der Waals surface area contributed by atoms with E-state index in [1.54, 1.807) is 13.2 Å². The summed E-state index contributed by atoms with van der Waals surface area (Å²) in [6.07, 6.45) is 0.971. The van der Waals surface area contributed by atoms with Gasteiger partial charge in [0.05, 0.1) is 5.69 Å². The summed E-state index contributed by atoms with van der Waals surface area (Å²) in [6.45, 7) is 3.06. The van der Waals surface area contributed by atoms with Gasteiger partial charge in [0.25, 0.3) is 0 Å². The summed E-state index contributed by atoms with van der Waals surface area (Å²) in [6, 6.07) is 15.4. The van der Waals surface area contributed by atoms with Crippen molar-refractivity contribution in [1.82, 2.24) is 5.32 Å². The van der Waals surface area contributed by atoms with E-state index in [1.165, 1.54) is 0 Å². The van der Waals surface area contributed by atoms with Crippen LogP contribution in [0, 0.1) is 5.82 Å². The molecule has 4 heteroatoms. The second-order valence-electron chi connectivity index (χ2n) is 5.65. The minimum absolute atomic E-state index is 0.188. The Labute approximate surface area is 138 Å². The minimum Gasteiger partial charge on any atom is -0.385 e. The van der Waals surface area contributed by atoms with E-state index in [2.05, 4.69) is 17.4 Å². The standard InChI is InChI=1S/C19H25FN2O/c1-22(15-16-7-4-3-5-8-16)19-13-17(9-10-18(19)20)14-21-11-6-12-23-2/h3-5,7-10,13,21H,6,11-12,14-15H2,1-2H3. The molecule has 0 fully saturated rings. The number of benzene rings is 2. The van der Waals surface area contributed by atoms with Crippen LogP contribution in [0.25, 0.3) is 0 Å². The van der Waals surface area contributed by atoms with Crippen molar-refractivity contribution >= 4 is 5.69 Å². The van der Waals surface area contributed by atoms with E-state index in [9.17, 15) is 4.39 Å². The summed E-state index contributed by atoms with van der Waals surface area (Å²) >= 11 is 0. The van der Waals surface area contributed by atoms with Crippen LogP contribution in [0.1, 0.15) is 17.5 Å². The van der Waals surface area contributed by atoms with Gasteiger partial charge in [0, 0.05) is 33.9 Å². The van der Waals surface area contributed by atoms with E-state index in [1.807, 2.05) is 42.3 Å². The molecule has 0 aliphatic rings. The van der Waals surface area contributed by atoms with E-state index in [0.717, 1.165) is 37.2 Å². The average Bonchev–Trinajstić information content (AvgIpc) is 2.57. The molecule has 0 aliphatic heterocycles. The van der Waals surface area contributed by atoms with E-state index in [0.29, 0.717) is 12.2 Å². The van der Waals surface area contributed by atoms with Crippen molar-refractivity contribution in [2.24, 2.45) is 0 Å². The zero-order valence-corrected chi connectivity index (χ0v) is 13.9. The first-order valence-corrected chi connectivity index (χ1v) is 7.94. The van der Waals surface area contributed by atoms with Crippen LogP contribution in [0.4, 0.5) is 10.1 Å². The first-order valence-electron chi connectivity index (χ1n) is 7.94. The third kappa shape index (κ3) is 5.66. The number of rotatable bonds is 9. The second kappa shape index (κ2) is 9.28. The van der Waals surface area contributed by atoms with Gasteiger partial charge in [-0.05, 0) is 36.2 Å². The number of hydrogen-bond acceptors (Lipinski definition) is 3. The van der Waals surface area contributed by atoms with Crippen molar-refractivity contribution in [3.8, 4) is 0 Å². The SMILES string of the molecule is COCCCNCc1ccc(F)c(N(C)Cc2ccccc2)c1. The monoisotopic (exact) mass is 316 g/mol. The van der Waals surface area contributed by atoms with Gasteiger partial charge in [-0.3, -0.25) is 0 Å². The third-order valence-electron chi connectivity index (χ3n) is 3.72. The lowest BCUT2D eigenvalue weighted by Crippen LogP contribution is -2.19. The average molecular weight is 316 g/mol. The lowest BCUT2D eigenvalue weighted by Gasteiger charge is -2.21. The molecule has 0 heterocycles. The fourth-order valence-corrected chi connectivity index (χ4v) is 2.48. The largest absolute Gasteiger partial charge is 0.385 e. The van der Waals surface area contributed by atoms with Crippen LogP contribution in [0.3, 0.4) is 0 Å². The Balaban J connectivity index is 1.96. The summed E-state index contributed by atoms with van der Waals surface area (Å²) in [5, 5.41) is 3.35. The third-order valence-corrected chi connectivity index (χ3v) is 3.72. The van der Waals surface area contributed by atoms with Crippen LogP contribution in [0.2, 0.25) is 0 Å². The second-order valence-corrected chi connectivity index (χ2v) is 5.65. The number of halogens is 1. The Morgan fingerprint density at radius 3 is 2.61 bits per heavy atom. The van der Waals surface area contributed by atoms with Gasteiger partial charge in [-0.2, -0.15) is 0 Å². The van der Waals surface area contributed by atoms with Crippen LogP contribution < -0.4 is 10.2 Å². The van der Waals surface area contributed by atoms with Crippen LogP contribution in [-0.2, 0) is 17.8 Å². The first kappa shape index (κ1) is 17.4. The quantitative estimate of drug-likeness (QED) is 0.716. The Morgan fingerprint density at radius 2 is 1.87 bits per heavy atom. The Bertz CT molecular complexity index is 589. The van der Waals surface area contributed by atoms with Crippen molar-refractivity contribution in [2.45, 2.75) is 19.5 Å². The van der Waals surface area contributed by atoms with Crippen molar-refractivity contribution in [3.05, 3.63) is 65.5 Å². The fraction of sp³-hybridized carbons (Fsp3) is 0.368. The van der Waals surface area contributed by atoms with Crippen LogP contribution in [0.15, 0.2) is 48.5 Å². The highest BCUT2D eigenvalue weighted by Gasteiger charge is 2.09. The summed E-state index contributed by atoms with van der Waals surface area (Å²) < 4.78 is 19.2. The number of methoxy groups -OCH3 is 1. The zero-order chi connectivity index (χ0) is 16.5. The van der Waals surface area contributed by atoms with Crippen molar-refractivity contribution in [2.75, 3.05) is 32.2 Å². The summed E-state index contributed by atoms with van der Waals surface area (Å²) in [4.78, 5) is 1.94. The fourth-order valence-electron chi connectivity index (χ4n) is 2.48. The number of anilines is 1. The molecule has 0 saturated heterocycles. The maximum atomic E-state index is 14.1. The smallest absolute Gasteiger partial charge is 0.146 e. The maximum absolute atomic E-state index is 14.1. The van der Waals surface area contributed by atoms with Crippen molar-refractivity contribution in [3.63, 3.8) is 0 Å². The van der Waals surface area contributed by atoms with E-state index in [-0.39, 0.29) is 5.82 Å². The van der Waals surface area contributed by atoms with Gasteiger partial charge >= 0.3 is 0 Å². The molecule has 0 aromatic heterocycles. The van der Waals surface area contributed by atoms with Gasteiger partial charge in [-0.25, -0.2) is 4.39 Å². The molecule has 2 aromatic rings. The predicted molar refractivity (Wildman–Crippen MR) is 93.1 cm³/mol. The molecular weight excluding hydrogens is 291 g/mol. The highest BCUT2D eigenvalue weighted by Crippen LogP contribution is 2.21. The lowest BCUT2D eigenvalue weighted by atomic mass is 10.1. The van der Waals surface area contributed by atoms with Gasteiger partial charge in [0.1, 0.15) is 5.82 Å². The van der Waals surface area contributed by atoms with Crippen LogP contribution in [0.5, 0.6) is 0 Å². The molecule has 0 amide bonds. The number of hydrogen-bond donors (Lipinski definition) is 1. The van der Waals surface area contributed by atoms with Gasteiger partial charge < -0.3 is 15.0 Å². The summed E-state index contributed by atoms with van der Waals surface area (Å²) in [5.41, 5.74) is 2.88. The zero-order valence-electron chi connectivity index (χ0n) is 13.9. The van der Waals surface area contributed by atoms with Crippen molar-refractivity contribution in [1.29, 1.82) is 0 Å². The van der Waals surface area contributed by atoms with E-state index >= 15 is 0 Å². The molecule has 2 rings (SSSR count). The highest BCUT2D eigenvalue weighted by atomic mass is 19.1. The molecule has 0 saturated carbocycles. The lowest BCUT2D eigenvalue weighted by molar-refractivity contribution is 0.194. The van der Waals surface area contributed by atoms with Gasteiger partial charge in [0.15, 0.2) is 0 Å². The molecular formula is C19H25FN2O. The molecule has 2 aromatic carbocycles. The molecule has 0 bridgehead atoms. The van der Waals surface area contributed by atoms with E-state index < -0.39 is 0 Å². The predicted octanol–water partition coefficient (Wildman–Crippen LogP) is 3.59. The highest BCUT2D eigenvalue weighted by molar-refractivity contribution is 5.50. The summed E-state index contributed by atoms with van der Waals surface area (Å²) in [7, 11) is 3.62. The molecule has 0 aliphatic carbocycles. The molecule has 0 radical (unpaired) electrons. The maximum Gasteiger partial charge on any atom is 0.146 e. The molecule has 1 N–H and O–H groups in total. The Hall–Kier alpha value is -1.91. The number of nitrogens with one attached hydrogen (secondary N) is 1. The Morgan fingerprint density at radius 1 is 1.09 bits per heavy atom. The molecule has 0 atom stereocenters. The molecule has 23 heavy (non-hydrogen) atoms. The molecule has 0 spiro atoms. The van der Waals surface area contributed by atoms with Crippen LogP contribution in [-0.4, -0.2) is 27.3 Å². The van der Waals surface area contributed by atoms with Crippen LogP contribution >= 0.6 is 0 Å². The van der Waals surface area contributed by atoms with Gasteiger partial charge in [-0.1, -0.05) is 36.4 Å². The molecule has 3 nitrogen and oxygen atoms in total. The minimum atomic E-state index is -0.188. The number of nitrogens with zero attached hydrogens (tertiary/aromatic N) is 1. The van der Waals surface area contributed by atoms with E-state index in [4.69, 9.17) is 4.74 Å².